The number of nitrogens with zero attached hydrogens (tertiary/aromatic N) is 1. The smallest absolute Gasteiger partial charge is 0.451 e. The molecule has 1 fully saturated rings. The van der Waals surface area contributed by atoms with Gasteiger partial charge in [-0.3, -0.25) is 4.79 Å². The number of ether oxygens (including phenoxy) is 1. The van der Waals surface area contributed by atoms with Crippen LogP contribution in [0.5, 0.6) is 11.5 Å². The van der Waals surface area contributed by atoms with Gasteiger partial charge in [-0.2, -0.15) is 0 Å². The third-order valence-corrected chi connectivity index (χ3v) is 4.38. The number of carboxylic acids is 1. The van der Waals surface area contributed by atoms with E-state index in [0.717, 1.165) is 0 Å². The first-order chi connectivity index (χ1) is 13.6. The summed E-state index contributed by atoms with van der Waals surface area (Å²) in [6.07, 6.45) is -0.512. The lowest BCUT2D eigenvalue weighted by Gasteiger charge is -2.40. The summed E-state index contributed by atoms with van der Waals surface area (Å²) in [5, 5.41) is 39.7. The molecule has 2 rings (SSSR count). The molecule has 0 aliphatic carbocycles. The van der Waals surface area contributed by atoms with Gasteiger partial charge < -0.3 is 46.7 Å². The van der Waals surface area contributed by atoms with Crippen LogP contribution in [0.2, 0.25) is 6.32 Å². The Morgan fingerprint density at radius 1 is 1.31 bits per heavy atom. The van der Waals surface area contributed by atoms with Crippen LogP contribution in [0.1, 0.15) is 15.9 Å². The highest BCUT2D eigenvalue weighted by Gasteiger charge is 2.35. The van der Waals surface area contributed by atoms with Crippen molar-refractivity contribution in [2.75, 3.05) is 19.6 Å². The molecule has 0 aromatic heterocycles. The van der Waals surface area contributed by atoms with Gasteiger partial charge in [0, 0.05) is 6.54 Å². The fourth-order valence-corrected chi connectivity index (χ4v) is 2.81. The van der Waals surface area contributed by atoms with Gasteiger partial charge in [0.1, 0.15) is 29.2 Å². The first-order valence-corrected chi connectivity index (χ1v) is 8.78. The van der Waals surface area contributed by atoms with E-state index < -0.39 is 48.5 Å². The Hall–Kier alpha value is -3.03. The largest absolute Gasteiger partial charge is 0.507 e. The van der Waals surface area contributed by atoms with Gasteiger partial charge in [0.25, 0.3) is 0 Å². The van der Waals surface area contributed by atoms with E-state index in [2.05, 4.69) is 5.32 Å². The van der Waals surface area contributed by atoms with Crippen molar-refractivity contribution >= 4 is 25.0 Å². The standard InChI is InChI=1S/C16H23BN4O8/c18-10(5-20-16(19)26)14(23)21-6-9(7-21)29-11-2-1-8(3-4-17(27)28)13(22)12(11)15(24)25/h1-2,9-10,22,27-28H,3-7,18H2,(H,24,25)(H3,19,20,26)/t10-/m1/s1. The number of urea groups is 1. The first kappa shape index (κ1) is 22.3. The average molecular weight is 410 g/mol. The number of hydrogen-bond donors (Lipinski definition) is 7. The number of benzene rings is 1. The van der Waals surface area contributed by atoms with Crippen LogP contribution in [0.15, 0.2) is 12.1 Å². The maximum Gasteiger partial charge on any atom is 0.451 e. The van der Waals surface area contributed by atoms with E-state index in [9.17, 15) is 24.6 Å². The van der Waals surface area contributed by atoms with Crippen molar-refractivity contribution in [1.82, 2.24) is 10.2 Å². The SMILES string of the molecule is NC(=O)NC[C@@H](N)C(=O)N1CC(Oc2ccc(CCB(O)O)c(O)c2C(=O)O)C1. The predicted molar refractivity (Wildman–Crippen MR) is 100 cm³/mol. The molecule has 1 aliphatic rings. The molecular formula is C16H23BN4O8. The number of nitrogens with two attached hydrogens (primary N) is 2. The number of primary amides is 1. The van der Waals surface area contributed by atoms with Crippen molar-refractivity contribution < 1.29 is 39.4 Å². The summed E-state index contributed by atoms with van der Waals surface area (Å²) in [6, 6.07) is 1.04. The van der Waals surface area contributed by atoms with Gasteiger partial charge in [0.2, 0.25) is 5.91 Å². The van der Waals surface area contributed by atoms with Gasteiger partial charge in [0.15, 0.2) is 0 Å². The van der Waals surface area contributed by atoms with Crippen LogP contribution in [0.4, 0.5) is 4.79 Å². The van der Waals surface area contributed by atoms with Crippen LogP contribution in [0, 0.1) is 0 Å². The number of phenols is 1. The summed E-state index contributed by atoms with van der Waals surface area (Å²) in [5.41, 5.74) is 10.4. The normalized spacial score (nSPS) is 14.7. The summed E-state index contributed by atoms with van der Waals surface area (Å²) in [4.78, 5) is 35.7. The zero-order valence-electron chi connectivity index (χ0n) is 15.4. The molecule has 3 amide bonds. The fraction of sp³-hybridized carbons (Fsp3) is 0.438. The Labute approximate surface area is 166 Å². The second kappa shape index (κ2) is 9.45. The van der Waals surface area contributed by atoms with E-state index in [1.807, 2.05) is 0 Å². The van der Waals surface area contributed by atoms with Crippen LogP contribution in [-0.4, -0.2) is 82.0 Å². The lowest BCUT2D eigenvalue weighted by molar-refractivity contribution is -0.141. The molecule has 158 valence electrons. The Morgan fingerprint density at radius 2 is 1.97 bits per heavy atom. The number of hydrogen-bond acceptors (Lipinski definition) is 8. The maximum atomic E-state index is 12.1. The van der Waals surface area contributed by atoms with Gasteiger partial charge in [-0.25, -0.2) is 9.59 Å². The molecule has 1 atom stereocenters. The highest BCUT2D eigenvalue weighted by atomic mass is 16.5. The lowest BCUT2D eigenvalue weighted by atomic mass is 9.82. The molecule has 29 heavy (non-hydrogen) atoms. The highest BCUT2D eigenvalue weighted by molar-refractivity contribution is 6.41. The molecule has 12 nitrogen and oxygen atoms in total. The van der Waals surface area contributed by atoms with E-state index in [4.69, 9.17) is 26.3 Å². The minimum Gasteiger partial charge on any atom is -0.507 e. The maximum absolute atomic E-state index is 12.1. The van der Waals surface area contributed by atoms with E-state index in [1.165, 1.54) is 17.0 Å². The number of carbonyl (C=O) groups excluding carboxylic acids is 2. The van der Waals surface area contributed by atoms with E-state index >= 15 is 0 Å². The predicted octanol–water partition coefficient (Wildman–Crippen LogP) is -2.31. The number of aromatic carboxylic acids is 1. The number of rotatable bonds is 9. The zero-order chi connectivity index (χ0) is 21.7. The number of amides is 3. The second-order valence-electron chi connectivity index (χ2n) is 6.61. The van der Waals surface area contributed by atoms with Gasteiger partial charge >= 0.3 is 19.1 Å². The van der Waals surface area contributed by atoms with E-state index in [0.29, 0.717) is 0 Å². The van der Waals surface area contributed by atoms with Crippen molar-refractivity contribution in [3.63, 3.8) is 0 Å². The minimum absolute atomic E-state index is 0.0625. The van der Waals surface area contributed by atoms with Crippen LogP contribution in [0.3, 0.4) is 0 Å². The summed E-state index contributed by atoms with van der Waals surface area (Å²) < 4.78 is 5.60. The summed E-state index contributed by atoms with van der Waals surface area (Å²) in [7, 11) is -1.58. The summed E-state index contributed by atoms with van der Waals surface area (Å²) >= 11 is 0. The Balaban J connectivity index is 1.99. The van der Waals surface area contributed by atoms with E-state index in [-0.39, 0.29) is 43.7 Å². The molecule has 0 bridgehead atoms. The quantitative estimate of drug-likeness (QED) is 0.218. The molecule has 1 heterocycles. The molecule has 0 unspecified atom stereocenters. The molecule has 0 radical (unpaired) electrons. The van der Waals surface area contributed by atoms with Crippen molar-refractivity contribution in [2.45, 2.75) is 24.9 Å². The zero-order valence-corrected chi connectivity index (χ0v) is 15.4. The molecule has 13 heteroatoms. The number of nitrogens with one attached hydrogen (secondary N) is 1. The average Bonchev–Trinajstić information content (AvgIpc) is 2.60. The molecule has 0 saturated carbocycles. The number of aryl methyl sites for hydroxylation is 1. The molecule has 1 aliphatic heterocycles. The van der Waals surface area contributed by atoms with Crippen molar-refractivity contribution in [2.24, 2.45) is 11.5 Å². The first-order valence-electron chi connectivity index (χ1n) is 8.78. The molecule has 1 aromatic rings. The van der Waals surface area contributed by atoms with Crippen LogP contribution in [0.25, 0.3) is 0 Å². The van der Waals surface area contributed by atoms with Gasteiger partial charge in [-0.1, -0.05) is 6.07 Å². The monoisotopic (exact) mass is 410 g/mol. The molecular weight excluding hydrogens is 387 g/mol. The van der Waals surface area contributed by atoms with Gasteiger partial charge in [-0.15, -0.1) is 0 Å². The van der Waals surface area contributed by atoms with Crippen molar-refractivity contribution in [3.8, 4) is 11.5 Å². The Bertz CT molecular complexity index is 784. The number of likely N-dealkylation sites (tertiary alicyclic amines) is 1. The Morgan fingerprint density at radius 3 is 2.52 bits per heavy atom. The van der Waals surface area contributed by atoms with Crippen molar-refractivity contribution in [1.29, 1.82) is 0 Å². The van der Waals surface area contributed by atoms with Crippen molar-refractivity contribution in [3.05, 3.63) is 23.3 Å². The third kappa shape index (κ3) is 5.73. The minimum atomic E-state index is -1.58. The molecule has 0 spiro atoms. The summed E-state index contributed by atoms with van der Waals surface area (Å²) in [6.45, 7) is 0.194. The van der Waals surface area contributed by atoms with Crippen LogP contribution >= 0.6 is 0 Å². The molecule has 1 aromatic carbocycles. The van der Waals surface area contributed by atoms with Gasteiger partial charge in [-0.05, 0) is 24.4 Å². The highest BCUT2D eigenvalue weighted by Crippen LogP contribution is 2.33. The van der Waals surface area contributed by atoms with Crippen LogP contribution in [-0.2, 0) is 11.2 Å². The fourth-order valence-electron chi connectivity index (χ4n) is 2.81. The molecule has 9 N–H and O–H groups in total. The third-order valence-electron chi connectivity index (χ3n) is 4.38. The Kier molecular flexibility index (Phi) is 7.26. The number of carbonyl (C=O) groups is 3. The number of aromatic hydroxyl groups is 1. The number of carboxylic acid groups (broad SMARTS) is 1. The second-order valence-corrected chi connectivity index (χ2v) is 6.61. The lowest BCUT2D eigenvalue weighted by Crippen LogP contribution is -2.61. The molecule has 1 saturated heterocycles. The topological polar surface area (TPSA) is 209 Å². The van der Waals surface area contributed by atoms with Gasteiger partial charge in [0.05, 0.1) is 13.1 Å². The van der Waals surface area contributed by atoms with Crippen LogP contribution < -0.4 is 21.5 Å². The van der Waals surface area contributed by atoms with E-state index in [1.54, 1.807) is 0 Å². The summed E-state index contributed by atoms with van der Waals surface area (Å²) in [5.74, 6) is -2.41.